The van der Waals surface area contributed by atoms with Crippen molar-refractivity contribution < 1.29 is 28.3 Å². The molecule has 0 radical (unpaired) electrons. The van der Waals surface area contributed by atoms with Crippen molar-refractivity contribution in [2.45, 2.75) is 26.7 Å². The second-order valence-corrected chi connectivity index (χ2v) is 5.58. The average Bonchev–Trinajstić information content (AvgIpc) is 2.96. The molecule has 0 aliphatic carbocycles. The van der Waals surface area contributed by atoms with Crippen LogP contribution in [0.15, 0.2) is 22.7 Å². The van der Waals surface area contributed by atoms with Gasteiger partial charge in [0.1, 0.15) is 5.76 Å². The van der Waals surface area contributed by atoms with Crippen molar-refractivity contribution in [1.29, 1.82) is 0 Å². The lowest BCUT2D eigenvalue weighted by molar-refractivity contribution is -0.147. The van der Waals surface area contributed by atoms with Crippen molar-refractivity contribution in [3.63, 3.8) is 0 Å². The van der Waals surface area contributed by atoms with Gasteiger partial charge in [-0.25, -0.2) is 0 Å². The van der Waals surface area contributed by atoms with E-state index in [-0.39, 0.29) is 13.0 Å². The summed E-state index contributed by atoms with van der Waals surface area (Å²) in [5.74, 6) is 0.815. The number of carbonyl (C=O) groups excluding carboxylic acids is 2. The molecule has 0 bridgehead atoms. The number of aromatic nitrogens is 1. The predicted octanol–water partition coefficient (Wildman–Crippen LogP) is 2.42. The number of nitrogens with one attached hydrogen (secondary N) is 1. The van der Waals surface area contributed by atoms with Crippen LogP contribution in [0.25, 0.3) is 0 Å². The Morgan fingerprint density at radius 2 is 1.88 bits per heavy atom. The first-order chi connectivity index (χ1) is 12.4. The molecule has 2 aromatic rings. The normalized spacial score (nSPS) is 10.3. The summed E-state index contributed by atoms with van der Waals surface area (Å²) >= 11 is 0. The van der Waals surface area contributed by atoms with Crippen LogP contribution in [-0.4, -0.2) is 37.9 Å². The number of esters is 1. The van der Waals surface area contributed by atoms with Crippen LogP contribution >= 0.6 is 0 Å². The van der Waals surface area contributed by atoms with Crippen molar-refractivity contribution in [2.24, 2.45) is 0 Å². The van der Waals surface area contributed by atoms with E-state index in [0.29, 0.717) is 29.4 Å². The van der Waals surface area contributed by atoms with Gasteiger partial charge in [-0.2, -0.15) is 0 Å². The lowest BCUT2D eigenvalue weighted by atomic mass is 10.1. The highest BCUT2D eigenvalue weighted by molar-refractivity contribution is 5.93. The Kier molecular flexibility index (Phi) is 6.60. The van der Waals surface area contributed by atoms with E-state index in [4.69, 9.17) is 18.7 Å². The van der Waals surface area contributed by atoms with E-state index in [1.165, 1.54) is 14.2 Å². The molecule has 26 heavy (non-hydrogen) atoms. The summed E-state index contributed by atoms with van der Waals surface area (Å²) in [5, 5.41) is 6.47. The van der Waals surface area contributed by atoms with E-state index in [1.54, 1.807) is 25.1 Å². The number of methoxy groups -OCH3 is 2. The smallest absolute Gasteiger partial charge is 0.306 e. The number of nitrogens with zero attached hydrogens (tertiary/aromatic N) is 1. The molecule has 0 aliphatic rings. The quantitative estimate of drug-likeness (QED) is 0.720. The molecule has 1 aromatic heterocycles. The first-order valence-corrected chi connectivity index (χ1v) is 8.03. The second kappa shape index (κ2) is 8.89. The van der Waals surface area contributed by atoms with Crippen LogP contribution in [0.2, 0.25) is 0 Å². The van der Waals surface area contributed by atoms with Crippen LogP contribution in [0.3, 0.4) is 0 Å². The van der Waals surface area contributed by atoms with Crippen molar-refractivity contribution in [3.05, 3.63) is 35.2 Å². The molecule has 1 aromatic carbocycles. The summed E-state index contributed by atoms with van der Waals surface area (Å²) in [4.78, 5) is 23.7. The topological polar surface area (TPSA) is 99.9 Å². The Morgan fingerprint density at radius 3 is 2.50 bits per heavy atom. The van der Waals surface area contributed by atoms with Crippen molar-refractivity contribution in [1.82, 2.24) is 5.16 Å². The number of benzene rings is 1. The summed E-state index contributed by atoms with van der Waals surface area (Å²) in [7, 11) is 3.03. The maximum atomic E-state index is 11.9. The number of amides is 1. The Balaban J connectivity index is 1.80. The van der Waals surface area contributed by atoms with Crippen molar-refractivity contribution in [3.8, 4) is 11.5 Å². The minimum Gasteiger partial charge on any atom is -0.493 e. The maximum Gasteiger partial charge on any atom is 0.306 e. The molecule has 8 nitrogen and oxygen atoms in total. The Hall–Kier alpha value is -3.03. The van der Waals surface area contributed by atoms with Crippen LogP contribution in [0.5, 0.6) is 11.5 Å². The van der Waals surface area contributed by atoms with E-state index in [1.807, 2.05) is 6.92 Å². The molecule has 0 spiro atoms. The maximum absolute atomic E-state index is 11.9. The summed E-state index contributed by atoms with van der Waals surface area (Å²) in [6.45, 7) is 3.24. The highest BCUT2D eigenvalue weighted by Crippen LogP contribution is 2.29. The van der Waals surface area contributed by atoms with Crippen LogP contribution in [0.1, 0.15) is 23.4 Å². The first kappa shape index (κ1) is 19.3. The molecule has 0 atom stereocenters. The highest BCUT2D eigenvalue weighted by Gasteiger charge is 2.13. The van der Waals surface area contributed by atoms with Crippen LogP contribution in [0.4, 0.5) is 5.69 Å². The molecule has 8 heteroatoms. The largest absolute Gasteiger partial charge is 0.493 e. The number of carbonyl (C=O) groups is 2. The average molecular weight is 362 g/mol. The van der Waals surface area contributed by atoms with Crippen molar-refractivity contribution >= 4 is 17.6 Å². The lowest BCUT2D eigenvalue weighted by Crippen LogP contribution is -2.21. The number of hydrogen-bond donors (Lipinski definition) is 1. The zero-order valence-corrected chi connectivity index (χ0v) is 15.3. The molecule has 0 fully saturated rings. The summed E-state index contributed by atoms with van der Waals surface area (Å²) < 4.78 is 20.3. The fraction of sp³-hybridized carbons (Fsp3) is 0.389. The van der Waals surface area contributed by atoms with Gasteiger partial charge in [-0.05, 0) is 32.4 Å². The van der Waals surface area contributed by atoms with Gasteiger partial charge < -0.3 is 24.1 Å². The van der Waals surface area contributed by atoms with Gasteiger partial charge >= 0.3 is 5.97 Å². The fourth-order valence-corrected chi connectivity index (χ4v) is 2.42. The third-order valence-corrected chi connectivity index (χ3v) is 3.79. The van der Waals surface area contributed by atoms with Crippen molar-refractivity contribution in [2.75, 3.05) is 26.1 Å². The van der Waals surface area contributed by atoms with Gasteiger partial charge in [0, 0.05) is 23.7 Å². The monoisotopic (exact) mass is 362 g/mol. The van der Waals surface area contributed by atoms with Gasteiger partial charge in [-0.15, -0.1) is 0 Å². The zero-order chi connectivity index (χ0) is 19.1. The Labute approximate surface area is 151 Å². The van der Waals surface area contributed by atoms with E-state index in [0.717, 1.165) is 11.3 Å². The lowest BCUT2D eigenvalue weighted by Gasteiger charge is -2.10. The minimum atomic E-state index is -0.465. The molecule has 0 saturated heterocycles. The number of hydrogen-bond acceptors (Lipinski definition) is 7. The Morgan fingerprint density at radius 1 is 1.15 bits per heavy atom. The van der Waals surface area contributed by atoms with Crippen LogP contribution in [-0.2, 0) is 20.7 Å². The molecular formula is C18H22N2O6. The molecule has 1 heterocycles. The first-order valence-electron chi connectivity index (χ1n) is 8.03. The molecule has 140 valence electrons. The third kappa shape index (κ3) is 4.98. The number of anilines is 1. The van der Waals surface area contributed by atoms with Gasteiger partial charge in [0.05, 0.1) is 19.9 Å². The van der Waals surface area contributed by atoms with E-state index < -0.39 is 11.9 Å². The predicted molar refractivity (Wildman–Crippen MR) is 93.4 cm³/mol. The number of rotatable bonds is 8. The zero-order valence-electron chi connectivity index (χ0n) is 15.3. The molecule has 0 aliphatic heterocycles. The van der Waals surface area contributed by atoms with Gasteiger partial charge in [0.2, 0.25) is 0 Å². The molecular weight excluding hydrogens is 340 g/mol. The van der Waals surface area contributed by atoms with Gasteiger partial charge in [-0.1, -0.05) is 5.16 Å². The minimum absolute atomic E-state index is 0.145. The summed E-state index contributed by atoms with van der Waals surface area (Å²) in [5.41, 5.74) is 2.15. The van der Waals surface area contributed by atoms with E-state index in [9.17, 15) is 9.59 Å². The third-order valence-electron chi connectivity index (χ3n) is 3.79. The van der Waals surface area contributed by atoms with E-state index in [2.05, 4.69) is 10.5 Å². The molecule has 1 amide bonds. The number of aryl methyl sites for hydroxylation is 2. The fourth-order valence-electron chi connectivity index (χ4n) is 2.42. The van der Waals surface area contributed by atoms with Crippen LogP contribution < -0.4 is 14.8 Å². The van der Waals surface area contributed by atoms with E-state index >= 15 is 0 Å². The van der Waals surface area contributed by atoms with Gasteiger partial charge in [-0.3, -0.25) is 9.59 Å². The Bertz CT molecular complexity index is 764. The summed E-state index contributed by atoms with van der Waals surface area (Å²) in [6.07, 6.45) is 0.601. The van der Waals surface area contributed by atoms with Crippen LogP contribution in [0, 0.1) is 13.8 Å². The summed E-state index contributed by atoms with van der Waals surface area (Å²) in [6, 6.07) is 4.96. The molecule has 1 N–H and O–H groups in total. The molecule has 0 saturated carbocycles. The highest BCUT2D eigenvalue weighted by atomic mass is 16.5. The number of ether oxygens (including phenoxy) is 3. The SMILES string of the molecule is COc1ccc(NC(=O)COC(=O)CCc2c(C)noc2C)cc1OC. The molecule has 2 rings (SSSR count). The standard InChI is InChI=1S/C18H22N2O6/c1-11-14(12(2)26-20-11)6-8-18(22)25-10-17(21)19-13-5-7-15(23-3)16(9-13)24-4/h5,7,9H,6,8,10H2,1-4H3,(H,19,21). The molecule has 0 unspecified atom stereocenters. The van der Waals surface area contributed by atoms with Gasteiger partial charge in [0.15, 0.2) is 18.1 Å². The second-order valence-electron chi connectivity index (χ2n) is 5.58. The van der Waals surface area contributed by atoms with Gasteiger partial charge in [0.25, 0.3) is 5.91 Å².